The van der Waals surface area contributed by atoms with Crippen molar-refractivity contribution in [3.63, 3.8) is 0 Å². The number of carbonyl (C=O) groups is 2. The van der Waals surface area contributed by atoms with Crippen LogP contribution >= 0.6 is 0 Å². The molecule has 1 heterocycles. The molecule has 1 fully saturated rings. The first kappa shape index (κ1) is 20.1. The Hall–Kier alpha value is -3.14. The van der Waals surface area contributed by atoms with Crippen LogP contribution in [0.4, 0.5) is 0 Å². The summed E-state index contributed by atoms with van der Waals surface area (Å²) in [6.07, 6.45) is 3.96. The lowest BCUT2D eigenvalue weighted by atomic mass is 9.84. The van der Waals surface area contributed by atoms with E-state index in [-0.39, 0.29) is 17.4 Å². The largest absolute Gasteiger partial charge is 0.356 e. The van der Waals surface area contributed by atoms with Crippen molar-refractivity contribution >= 4 is 22.6 Å². The summed E-state index contributed by atoms with van der Waals surface area (Å²) >= 11 is 0. The zero-order valence-corrected chi connectivity index (χ0v) is 17.2. The molecule has 2 N–H and O–H groups in total. The van der Waals surface area contributed by atoms with Gasteiger partial charge in [0.15, 0.2) is 0 Å². The predicted octanol–water partition coefficient (Wildman–Crippen LogP) is 4.17. The van der Waals surface area contributed by atoms with E-state index in [4.69, 9.17) is 0 Å². The van der Waals surface area contributed by atoms with Gasteiger partial charge in [-0.1, -0.05) is 72.8 Å². The molecule has 1 aliphatic heterocycles. The zero-order chi connectivity index (χ0) is 20.8. The highest BCUT2D eigenvalue weighted by Gasteiger charge is 2.37. The standard InChI is InChI=1S/C26H28N2O2/c29-24(27-17-14-20-6-2-1-3-7-20)12-15-26(16-13-25(30)28-26)19-21-10-11-22-8-4-5-9-23(22)18-21/h1-11,18H,12-17,19H2,(H,27,29)(H,28,30)/t26-/m0/s1. The lowest BCUT2D eigenvalue weighted by Gasteiger charge is -2.29. The van der Waals surface area contributed by atoms with Crippen LogP contribution in [-0.2, 0) is 22.4 Å². The maximum Gasteiger partial charge on any atom is 0.220 e. The molecule has 0 saturated carbocycles. The fraction of sp³-hybridized carbons (Fsp3) is 0.308. The van der Waals surface area contributed by atoms with Crippen LogP contribution in [0.1, 0.15) is 36.8 Å². The smallest absolute Gasteiger partial charge is 0.220 e. The summed E-state index contributed by atoms with van der Waals surface area (Å²) in [7, 11) is 0. The van der Waals surface area contributed by atoms with Crippen molar-refractivity contribution in [1.82, 2.24) is 10.6 Å². The first-order chi connectivity index (χ1) is 14.6. The number of rotatable bonds is 8. The fourth-order valence-corrected chi connectivity index (χ4v) is 4.35. The summed E-state index contributed by atoms with van der Waals surface area (Å²) < 4.78 is 0. The minimum absolute atomic E-state index is 0.0463. The molecule has 3 aromatic rings. The predicted molar refractivity (Wildman–Crippen MR) is 120 cm³/mol. The molecule has 0 unspecified atom stereocenters. The van der Waals surface area contributed by atoms with Crippen LogP contribution in [0, 0.1) is 0 Å². The molecule has 1 aliphatic rings. The molecule has 0 aliphatic carbocycles. The quantitative estimate of drug-likeness (QED) is 0.596. The maximum absolute atomic E-state index is 12.4. The third kappa shape index (κ3) is 5.07. The van der Waals surface area contributed by atoms with E-state index in [0.29, 0.717) is 25.8 Å². The summed E-state index contributed by atoms with van der Waals surface area (Å²) in [5.41, 5.74) is 2.07. The first-order valence-corrected chi connectivity index (χ1v) is 10.7. The van der Waals surface area contributed by atoms with Gasteiger partial charge in [-0.25, -0.2) is 0 Å². The minimum Gasteiger partial charge on any atom is -0.356 e. The maximum atomic E-state index is 12.4. The lowest BCUT2D eigenvalue weighted by Crippen LogP contribution is -2.44. The number of carbonyl (C=O) groups excluding carboxylic acids is 2. The van der Waals surface area contributed by atoms with Crippen molar-refractivity contribution in [2.75, 3.05) is 6.54 Å². The van der Waals surface area contributed by atoms with Gasteiger partial charge in [0.05, 0.1) is 0 Å². The molecule has 0 radical (unpaired) electrons. The van der Waals surface area contributed by atoms with E-state index < -0.39 is 0 Å². The Balaban J connectivity index is 1.35. The van der Waals surface area contributed by atoms with E-state index in [2.05, 4.69) is 53.1 Å². The van der Waals surface area contributed by atoms with Gasteiger partial charge < -0.3 is 10.6 Å². The Morgan fingerprint density at radius 3 is 2.47 bits per heavy atom. The Bertz CT molecular complexity index is 1030. The summed E-state index contributed by atoms with van der Waals surface area (Å²) in [6.45, 7) is 0.632. The molecule has 1 saturated heterocycles. The average Bonchev–Trinajstić information content (AvgIpc) is 3.13. The van der Waals surface area contributed by atoms with E-state index in [9.17, 15) is 9.59 Å². The van der Waals surface area contributed by atoms with E-state index in [0.717, 1.165) is 19.3 Å². The van der Waals surface area contributed by atoms with Gasteiger partial charge in [-0.3, -0.25) is 9.59 Å². The highest BCUT2D eigenvalue weighted by molar-refractivity contribution is 5.83. The number of amides is 2. The van der Waals surface area contributed by atoms with Crippen LogP contribution in [0.5, 0.6) is 0 Å². The zero-order valence-electron chi connectivity index (χ0n) is 17.2. The Labute approximate surface area is 177 Å². The van der Waals surface area contributed by atoms with Crippen LogP contribution in [0.2, 0.25) is 0 Å². The molecule has 1 atom stereocenters. The summed E-state index contributed by atoms with van der Waals surface area (Å²) in [4.78, 5) is 24.4. The lowest BCUT2D eigenvalue weighted by molar-refractivity contribution is -0.122. The molecule has 0 bridgehead atoms. The van der Waals surface area contributed by atoms with Gasteiger partial charge in [-0.2, -0.15) is 0 Å². The molecule has 0 spiro atoms. The summed E-state index contributed by atoms with van der Waals surface area (Å²) in [6, 6.07) is 24.9. The van der Waals surface area contributed by atoms with Crippen LogP contribution in [0.3, 0.4) is 0 Å². The number of hydrogen-bond donors (Lipinski definition) is 2. The average molecular weight is 401 g/mol. The van der Waals surface area contributed by atoms with Gasteiger partial charge in [0.2, 0.25) is 11.8 Å². The van der Waals surface area contributed by atoms with Crippen LogP contribution in [0.15, 0.2) is 72.8 Å². The normalized spacial score (nSPS) is 18.3. The molecular weight excluding hydrogens is 372 g/mol. The highest BCUT2D eigenvalue weighted by Crippen LogP contribution is 2.30. The molecule has 3 aromatic carbocycles. The SMILES string of the molecule is O=C(CC[C@@]1(Cc2ccc3ccccc3c2)CCC(=O)N1)NCCc1ccccc1. The summed E-state index contributed by atoms with van der Waals surface area (Å²) in [5.74, 6) is 0.130. The van der Waals surface area contributed by atoms with Crippen molar-refractivity contribution in [3.8, 4) is 0 Å². The van der Waals surface area contributed by atoms with Crippen molar-refractivity contribution in [3.05, 3.63) is 83.9 Å². The van der Waals surface area contributed by atoms with Crippen LogP contribution in [-0.4, -0.2) is 23.9 Å². The topological polar surface area (TPSA) is 58.2 Å². The second kappa shape index (κ2) is 9.12. The van der Waals surface area contributed by atoms with Gasteiger partial charge in [0.25, 0.3) is 0 Å². The third-order valence-corrected chi connectivity index (χ3v) is 6.00. The second-order valence-corrected chi connectivity index (χ2v) is 8.27. The molecule has 4 rings (SSSR count). The van der Waals surface area contributed by atoms with Crippen molar-refractivity contribution in [1.29, 1.82) is 0 Å². The number of benzene rings is 3. The number of hydrogen-bond acceptors (Lipinski definition) is 2. The van der Waals surface area contributed by atoms with Crippen molar-refractivity contribution in [2.45, 2.75) is 44.1 Å². The second-order valence-electron chi connectivity index (χ2n) is 8.27. The molecular formula is C26H28N2O2. The highest BCUT2D eigenvalue weighted by atomic mass is 16.2. The Morgan fingerprint density at radius 1 is 0.933 bits per heavy atom. The molecule has 4 heteroatoms. The third-order valence-electron chi connectivity index (χ3n) is 6.00. The molecule has 2 amide bonds. The van der Waals surface area contributed by atoms with Crippen LogP contribution in [0.25, 0.3) is 10.8 Å². The Morgan fingerprint density at radius 2 is 1.70 bits per heavy atom. The van der Waals surface area contributed by atoms with Gasteiger partial charge >= 0.3 is 0 Å². The molecule has 0 aromatic heterocycles. The van der Waals surface area contributed by atoms with E-state index in [1.807, 2.05) is 30.3 Å². The molecule has 4 nitrogen and oxygen atoms in total. The molecule has 30 heavy (non-hydrogen) atoms. The minimum atomic E-state index is -0.337. The van der Waals surface area contributed by atoms with Crippen LogP contribution < -0.4 is 10.6 Å². The van der Waals surface area contributed by atoms with Gasteiger partial charge in [-0.05, 0) is 47.6 Å². The fourth-order valence-electron chi connectivity index (χ4n) is 4.35. The van der Waals surface area contributed by atoms with Gasteiger partial charge in [0.1, 0.15) is 0 Å². The van der Waals surface area contributed by atoms with Crippen molar-refractivity contribution in [2.24, 2.45) is 0 Å². The monoisotopic (exact) mass is 400 g/mol. The Kier molecular flexibility index (Phi) is 6.12. The number of nitrogens with one attached hydrogen (secondary N) is 2. The van der Waals surface area contributed by atoms with Gasteiger partial charge in [0, 0.05) is 24.9 Å². The molecule has 154 valence electrons. The van der Waals surface area contributed by atoms with E-state index in [1.54, 1.807) is 0 Å². The first-order valence-electron chi connectivity index (χ1n) is 10.7. The summed E-state index contributed by atoms with van der Waals surface area (Å²) in [5, 5.41) is 8.62. The van der Waals surface area contributed by atoms with E-state index in [1.165, 1.54) is 21.9 Å². The number of fused-ring (bicyclic) bond motifs is 1. The van der Waals surface area contributed by atoms with Gasteiger partial charge in [-0.15, -0.1) is 0 Å². The van der Waals surface area contributed by atoms with E-state index >= 15 is 0 Å². The van der Waals surface area contributed by atoms with Crippen molar-refractivity contribution < 1.29 is 9.59 Å².